The Kier molecular flexibility index (Phi) is 3.00. The molecule has 1 aromatic carbocycles. The van der Waals surface area contributed by atoms with E-state index < -0.39 is 6.10 Å². The van der Waals surface area contributed by atoms with E-state index in [4.69, 9.17) is 4.74 Å². The minimum absolute atomic E-state index is 0.302. The molecule has 0 aliphatic heterocycles. The van der Waals surface area contributed by atoms with Gasteiger partial charge in [0.15, 0.2) is 0 Å². The number of rotatable bonds is 3. The molecule has 80 valence electrons. The third-order valence-electron chi connectivity index (χ3n) is 2.33. The van der Waals surface area contributed by atoms with E-state index in [0.717, 1.165) is 16.5 Å². The van der Waals surface area contributed by atoms with Crippen LogP contribution in [-0.2, 0) is 4.74 Å². The van der Waals surface area contributed by atoms with Crippen molar-refractivity contribution < 1.29 is 9.84 Å². The Bertz CT molecular complexity index is 469. The van der Waals surface area contributed by atoms with Crippen LogP contribution in [0.25, 0.3) is 10.9 Å². The number of aromatic nitrogens is 2. The molecule has 5 heteroatoms. The van der Waals surface area contributed by atoms with Crippen LogP contribution in [0.5, 0.6) is 0 Å². The van der Waals surface area contributed by atoms with Gasteiger partial charge in [0.25, 0.3) is 0 Å². The molecule has 0 amide bonds. The molecule has 0 spiro atoms. The summed E-state index contributed by atoms with van der Waals surface area (Å²) in [5.41, 5.74) is 1.82. The Balaban J connectivity index is 2.41. The maximum Gasteiger partial charge on any atom is 0.102 e. The van der Waals surface area contributed by atoms with Crippen LogP contribution in [-0.4, -0.2) is 28.4 Å². The van der Waals surface area contributed by atoms with Crippen LogP contribution in [0.3, 0.4) is 0 Å². The quantitative estimate of drug-likeness (QED) is 0.800. The molecule has 1 N–H and O–H groups in total. The maximum absolute atomic E-state index is 9.75. The number of nitrogens with zero attached hydrogens (tertiary/aromatic N) is 2. The van der Waals surface area contributed by atoms with Crippen molar-refractivity contribution in [3.05, 3.63) is 30.0 Å². The van der Waals surface area contributed by atoms with Gasteiger partial charge in [-0.15, -0.1) is 0 Å². The fourth-order valence-electron chi connectivity index (χ4n) is 1.52. The van der Waals surface area contributed by atoms with Crippen molar-refractivity contribution >= 4 is 20.3 Å². The van der Waals surface area contributed by atoms with E-state index in [-0.39, 0.29) is 0 Å². The summed E-state index contributed by atoms with van der Waals surface area (Å²) in [4.78, 5) is 0. The lowest BCUT2D eigenvalue weighted by molar-refractivity contribution is 0.0645. The van der Waals surface area contributed by atoms with Crippen molar-refractivity contribution in [2.75, 3.05) is 13.7 Å². The van der Waals surface area contributed by atoms with Gasteiger partial charge in [0.05, 0.1) is 18.3 Å². The van der Waals surface area contributed by atoms with Crippen LogP contribution in [0, 0.1) is 0 Å². The summed E-state index contributed by atoms with van der Waals surface area (Å²) in [6, 6.07) is 5.74. The highest BCUT2D eigenvalue weighted by Gasteiger charge is 2.08. The molecule has 0 bridgehead atoms. The lowest BCUT2D eigenvalue weighted by atomic mass is 10.1. The number of methoxy groups -OCH3 is 1. The number of benzene rings is 1. The summed E-state index contributed by atoms with van der Waals surface area (Å²) in [5, 5.41) is 14.9. The molecule has 1 heterocycles. The van der Waals surface area contributed by atoms with Crippen LogP contribution in [0.4, 0.5) is 0 Å². The van der Waals surface area contributed by atoms with Crippen LogP contribution in [0.2, 0.25) is 0 Å². The largest absolute Gasteiger partial charge is 0.386 e. The zero-order valence-corrected chi connectivity index (χ0v) is 9.58. The molecule has 0 fully saturated rings. The first-order valence-electron chi connectivity index (χ1n) is 4.62. The number of hydrogen-bond donors (Lipinski definition) is 1. The predicted molar refractivity (Wildman–Crippen MR) is 61.7 cm³/mol. The molecule has 2 rings (SSSR count). The third kappa shape index (κ3) is 2.02. The van der Waals surface area contributed by atoms with Crippen LogP contribution in [0.1, 0.15) is 11.7 Å². The van der Waals surface area contributed by atoms with Crippen LogP contribution < -0.4 is 0 Å². The molecular weight excluding hydrogens is 211 g/mol. The van der Waals surface area contributed by atoms with Crippen LogP contribution >= 0.6 is 9.39 Å². The van der Waals surface area contributed by atoms with E-state index in [0.29, 0.717) is 6.61 Å². The van der Waals surface area contributed by atoms with E-state index in [1.807, 2.05) is 18.2 Å². The molecule has 1 unspecified atom stereocenters. The first-order valence-corrected chi connectivity index (χ1v) is 5.14. The predicted octanol–water partition coefficient (Wildman–Crippen LogP) is 1.35. The fraction of sp³-hybridized carbons (Fsp3) is 0.300. The van der Waals surface area contributed by atoms with Crippen molar-refractivity contribution in [1.82, 2.24) is 9.55 Å². The van der Waals surface area contributed by atoms with Gasteiger partial charge >= 0.3 is 0 Å². The molecule has 1 aromatic heterocycles. The molecule has 2 aromatic rings. The van der Waals surface area contributed by atoms with E-state index >= 15 is 0 Å². The summed E-state index contributed by atoms with van der Waals surface area (Å²) in [5.74, 6) is 0. The topological polar surface area (TPSA) is 47.3 Å². The summed E-state index contributed by atoms with van der Waals surface area (Å²) in [7, 11) is 4.08. The summed E-state index contributed by atoms with van der Waals surface area (Å²) in [6.45, 7) is 0.302. The summed E-state index contributed by atoms with van der Waals surface area (Å²) in [6.07, 6.45) is 1.20. The highest BCUT2D eigenvalue weighted by molar-refractivity contribution is 7.14. The second-order valence-corrected chi connectivity index (χ2v) is 3.87. The van der Waals surface area contributed by atoms with E-state index in [1.165, 1.54) is 0 Å². The van der Waals surface area contributed by atoms with Crippen molar-refractivity contribution in [1.29, 1.82) is 0 Å². The minimum atomic E-state index is -0.584. The van der Waals surface area contributed by atoms with E-state index in [2.05, 4.69) is 14.5 Å². The molecular formula is C10H13N2O2P. The summed E-state index contributed by atoms with van der Waals surface area (Å²) >= 11 is 0. The monoisotopic (exact) mass is 224 g/mol. The van der Waals surface area contributed by atoms with Gasteiger partial charge in [-0.3, -0.25) is 4.45 Å². The first-order chi connectivity index (χ1) is 7.22. The van der Waals surface area contributed by atoms with Gasteiger partial charge in [-0.1, -0.05) is 12.1 Å². The van der Waals surface area contributed by atoms with E-state index in [1.54, 1.807) is 17.8 Å². The van der Waals surface area contributed by atoms with Gasteiger partial charge in [0.1, 0.15) is 6.10 Å². The van der Waals surface area contributed by atoms with Crippen molar-refractivity contribution in [3.63, 3.8) is 0 Å². The average molecular weight is 224 g/mol. The Morgan fingerprint density at radius 3 is 3.13 bits per heavy atom. The maximum atomic E-state index is 9.75. The van der Waals surface area contributed by atoms with Crippen LogP contribution in [0.15, 0.2) is 24.4 Å². The first kappa shape index (κ1) is 10.6. The number of hydrogen-bond acceptors (Lipinski definition) is 3. The minimum Gasteiger partial charge on any atom is -0.386 e. The smallest absolute Gasteiger partial charge is 0.102 e. The lowest BCUT2D eigenvalue weighted by Crippen LogP contribution is -2.04. The molecule has 4 nitrogen and oxygen atoms in total. The van der Waals surface area contributed by atoms with Crippen molar-refractivity contribution in [2.45, 2.75) is 6.10 Å². The Labute approximate surface area is 90.1 Å². The molecule has 0 aliphatic rings. The number of ether oxygens (including phenoxy) is 1. The Hall–Kier alpha value is -0.960. The molecule has 0 radical (unpaired) electrons. The summed E-state index contributed by atoms with van der Waals surface area (Å²) < 4.78 is 6.61. The second-order valence-electron chi connectivity index (χ2n) is 3.38. The molecule has 2 atom stereocenters. The van der Waals surface area contributed by atoms with E-state index in [9.17, 15) is 5.11 Å². The molecule has 0 aliphatic carbocycles. The standard InChI is InChI=1S/C10H13N2O2P/c1-14-6-10(13)7-2-3-8-5-11-12(15)9(8)4-7/h2-5,10,13H,6,15H2,1H3/t10-/m1/s1. The number of fused-ring (bicyclic) bond motifs is 1. The van der Waals surface area contributed by atoms with Crippen molar-refractivity contribution in [3.8, 4) is 0 Å². The third-order valence-corrected chi connectivity index (χ3v) is 2.74. The van der Waals surface area contributed by atoms with Gasteiger partial charge in [-0.2, -0.15) is 5.10 Å². The molecule has 0 saturated heterocycles. The molecule has 0 saturated carbocycles. The lowest BCUT2D eigenvalue weighted by Gasteiger charge is -2.09. The average Bonchev–Trinajstić information content (AvgIpc) is 2.60. The molecule has 15 heavy (non-hydrogen) atoms. The van der Waals surface area contributed by atoms with Crippen molar-refractivity contribution in [2.24, 2.45) is 0 Å². The fourth-order valence-corrected chi connectivity index (χ4v) is 1.81. The second kappa shape index (κ2) is 4.27. The zero-order chi connectivity index (χ0) is 10.8. The highest BCUT2D eigenvalue weighted by atomic mass is 31.0. The number of aliphatic hydroxyl groups excluding tert-OH is 1. The highest BCUT2D eigenvalue weighted by Crippen LogP contribution is 2.21. The number of aliphatic hydroxyl groups is 1. The van der Waals surface area contributed by atoms with Gasteiger partial charge in [0, 0.05) is 12.5 Å². The van der Waals surface area contributed by atoms with Gasteiger partial charge in [-0.05, 0) is 21.0 Å². The van der Waals surface area contributed by atoms with Gasteiger partial charge in [0.2, 0.25) is 0 Å². The Morgan fingerprint density at radius 1 is 1.60 bits per heavy atom. The zero-order valence-electron chi connectivity index (χ0n) is 8.42. The van der Waals surface area contributed by atoms with Gasteiger partial charge in [-0.25, -0.2) is 0 Å². The Morgan fingerprint density at radius 2 is 2.40 bits per heavy atom. The SMILES string of the molecule is COC[C@@H](O)c1ccc2cnn(P)c2c1. The normalized spacial score (nSPS) is 13.3. The van der Waals surface area contributed by atoms with Gasteiger partial charge < -0.3 is 9.84 Å².